The second-order valence-corrected chi connectivity index (χ2v) is 6.74. The summed E-state index contributed by atoms with van der Waals surface area (Å²) in [4.78, 5) is 4.65. The van der Waals surface area contributed by atoms with Crippen molar-refractivity contribution in [2.45, 2.75) is 19.4 Å². The minimum Gasteiger partial charge on any atom is -0.278 e. The second-order valence-electron chi connectivity index (χ2n) is 5.50. The number of hydrogen-bond acceptors (Lipinski definition) is 3. The van der Waals surface area contributed by atoms with Crippen LogP contribution in [0.3, 0.4) is 0 Å². The van der Waals surface area contributed by atoms with Crippen LogP contribution in [0.25, 0.3) is 10.9 Å². The van der Waals surface area contributed by atoms with Gasteiger partial charge in [-0.25, -0.2) is 3.11 Å². The molecule has 0 spiro atoms. The van der Waals surface area contributed by atoms with Crippen molar-refractivity contribution in [1.29, 1.82) is 0 Å². The number of hydrogen-bond donors (Lipinski definition) is 1. The van der Waals surface area contributed by atoms with Gasteiger partial charge in [0.05, 0.1) is 23.4 Å². The van der Waals surface area contributed by atoms with Gasteiger partial charge in [-0.1, -0.05) is 12.1 Å². The average Bonchev–Trinajstić information content (AvgIpc) is 2.97. The highest BCUT2D eigenvalue weighted by atomic mass is 127. The predicted molar refractivity (Wildman–Crippen MR) is 91.3 cm³/mol. The molecule has 0 unspecified atom stereocenters. The summed E-state index contributed by atoms with van der Waals surface area (Å²) in [5.41, 5.74) is 6.17. The Morgan fingerprint density at radius 3 is 2.95 bits per heavy atom. The third kappa shape index (κ3) is 2.15. The topological polar surface area (TPSA) is 44.8 Å². The maximum absolute atomic E-state index is 4.65. The largest absolute Gasteiger partial charge is 0.278 e. The number of halogens is 1. The highest BCUT2D eigenvalue weighted by molar-refractivity contribution is 14.1. The summed E-state index contributed by atoms with van der Waals surface area (Å²) in [5.74, 6) is 0. The molecule has 2 aromatic heterocycles. The molecule has 1 aromatic carbocycles. The molecule has 0 bridgehead atoms. The van der Waals surface area contributed by atoms with Crippen LogP contribution in [0.1, 0.15) is 28.4 Å². The van der Waals surface area contributed by atoms with Crippen molar-refractivity contribution in [3.8, 4) is 0 Å². The number of aromatic amines is 1. The van der Waals surface area contributed by atoms with Crippen LogP contribution in [-0.4, -0.2) is 24.8 Å². The van der Waals surface area contributed by atoms with E-state index in [1.54, 1.807) is 0 Å². The first kappa shape index (κ1) is 13.2. The normalized spacial score (nSPS) is 18.9. The van der Waals surface area contributed by atoms with Crippen molar-refractivity contribution in [2.24, 2.45) is 0 Å². The Hall–Kier alpha value is -1.47. The van der Waals surface area contributed by atoms with E-state index < -0.39 is 0 Å². The van der Waals surface area contributed by atoms with E-state index in [2.05, 4.69) is 72.3 Å². The quantitative estimate of drug-likeness (QED) is 0.511. The van der Waals surface area contributed by atoms with Gasteiger partial charge in [0.25, 0.3) is 0 Å². The number of aryl methyl sites for hydroxylation is 1. The number of fused-ring (bicyclic) bond motifs is 3. The molecular weight excluding hydrogens is 375 g/mol. The summed E-state index contributed by atoms with van der Waals surface area (Å²) in [5, 5.41) is 8.49. The van der Waals surface area contributed by atoms with E-state index in [1.165, 1.54) is 22.1 Å². The van der Waals surface area contributed by atoms with Crippen molar-refractivity contribution in [3.63, 3.8) is 0 Å². The van der Waals surface area contributed by atoms with Crippen LogP contribution in [0.5, 0.6) is 0 Å². The number of aromatic nitrogens is 3. The van der Waals surface area contributed by atoms with Crippen LogP contribution < -0.4 is 0 Å². The molecular formula is C16H15IN4. The molecule has 0 amide bonds. The highest BCUT2D eigenvalue weighted by Gasteiger charge is 2.29. The highest BCUT2D eigenvalue weighted by Crippen LogP contribution is 2.38. The zero-order valence-corrected chi connectivity index (χ0v) is 13.8. The number of pyridine rings is 1. The van der Waals surface area contributed by atoms with Crippen LogP contribution >= 0.6 is 22.9 Å². The van der Waals surface area contributed by atoms with Crippen LogP contribution in [-0.2, 0) is 6.42 Å². The maximum Gasteiger partial charge on any atom is 0.0868 e. The molecule has 0 radical (unpaired) electrons. The Morgan fingerprint density at radius 1 is 1.24 bits per heavy atom. The number of nitrogens with zero attached hydrogens (tertiary/aromatic N) is 3. The molecule has 21 heavy (non-hydrogen) atoms. The van der Waals surface area contributed by atoms with Crippen molar-refractivity contribution in [1.82, 2.24) is 18.3 Å². The lowest BCUT2D eigenvalue weighted by molar-refractivity contribution is 0.411. The van der Waals surface area contributed by atoms with Gasteiger partial charge in [-0.05, 0) is 42.2 Å². The molecule has 0 saturated heterocycles. The first-order valence-corrected chi connectivity index (χ1v) is 8.00. The monoisotopic (exact) mass is 390 g/mol. The molecule has 0 aliphatic carbocycles. The number of nitrogens with one attached hydrogen (secondary N) is 1. The minimum atomic E-state index is 0.217. The summed E-state index contributed by atoms with van der Waals surface area (Å²) in [6.45, 7) is 3.10. The van der Waals surface area contributed by atoms with E-state index in [-0.39, 0.29) is 6.04 Å². The van der Waals surface area contributed by atoms with Gasteiger partial charge in [-0.15, -0.1) is 0 Å². The fourth-order valence-corrected chi connectivity index (χ4v) is 3.90. The smallest absolute Gasteiger partial charge is 0.0868 e. The molecule has 1 N–H and O–H groups in total. The zero-order valence-electron chi connectivity index (χ0n) is 11.7. The lowest BCUT2D eigenvalue weighted by atomic mass is 9.90. The van der Waals surface area contributed by atoms with Gasteiger partial charge in [0.1, 0.15) is 0 Å². The van der Waals surface area contributed by atoms with Crippen molar-refractivity contribution in [3.05, 3.63) is 59.0 Å². The van der Waals surface area contributed by atoms with Gasteiger partial charge in [0.2, 0.25) is 0 Å². The lowest BCUT2D eigenvalue weighted by Gasteiger charge is -2.32. The van der Waals surface area contributed by atoms with Crippen LogP contribution in [0.2, 0.25) is 0 Å². The fourth-order valence-electron chi connectivity index (χ4n) is 3.07. The Morgan fingerprint density at radius 2 is 2.14 bits per heavy atom. The summed E-state index contributed by atoms with van der Waals surface area (Å²) >= 11 is 2.42. The van der Waals surface area contributed by atoms with Crippen molar-refractivity contribution in [2.75, 3.05) is 6.54 Å². The van der Waals surface area contributed by atoms with Crippen LogP contribution in [0.15, 0.2) is 36.7 Å². The Balaban J connectivity index is 1.90. The first-order valence-electron chi connectivity index (χ1n) is 7.04. The van der Waals surface area contributed by atoms with Gasteiger partial charge in [0, 0.05) is 41.0 Å². The molecule has 3 heterocycles. The molecule has 1 aliphatic rings. The van der Waals surface area contributed by atoms with Gasteiger partial charge >= 0.3 is 0 Å². The molecule has 4 rings (SSSR count). The van der Waals surface area contributed by atoms with E-state index in [4.69, 9.17) is 0 Å². The third-order valence-electron chi connectivity index (χ3n) is 4.14. The molecule has 4 nitrogen and oxygen atoms in total. The maximum atomic E-state index is 4.65. The van der Waals surface area contributed by atoms with Crippen molar-refractivity contribution < 1.29 is 0 Å². The zero-order chi connectivity index (χ0) is 14.4. The van der Waals surface area contributed by atoms with E-state index in [9.17, 15) is 0 Å². The fraction of sp³-hybridized carbons (Fsp3) is 0.250. The van der Waals surface area contributed by atoms with E-state index in [0.29, 0.717) is 0 Å². The molecule has 5 heteroatoms. The molecule has 0 saturated carbocycles. The van der Waals surface area contributed by atoms with E-state index in [0.717, 1.165) is 24.2 Å². The molecule has 0 fully saturated rings. The Labute approximate surface area is 137 Å². The van der Waals surface area contributed by atoms with Gasteiger partial charge < -0.3 is 0 Å². The minimum absolute atomic E-state index is 0.217. The summed E-state index contributed by atoms with van der Waals surface area (Å²) in [6, 6.07) is 8.83. The average molecular weight is 390 g/mol. The number of H-pyrrole nitrogens is 1. The molecule has 1 atom stereocenters. The summed E-state index contributed by atoms with van der Waals surface area (Å²) in [7, 11) is 0. The van der Waals surface area contributed by atoms with E-state index >= 15 is 0 Å². The number of benzene rings is 1. The molecule has 1 aliphatic heterocycles. The van der Waals surface area contributed by atoms with Crippen LogP contribution in [0.4, 0.5) is 0 Å². The van der Waals surface area contributed by atoms with Gasteiger partial charge in [-0.3, -0.25) is 10.1 Å². The SMILES string of the molecule is Cc1ccc([C@@H]2c3ccc4[nH]ncc4c3CCN2I)nc1. The van der Waals surface area contributed by atoms with Crippen molar-refractivity contribution >= 4 is 33.8 Å². The third-order valence-corrected chi connectivity index (χ3v) is 5.18. The standard InChI is InChI=1S/C16H15IN4/c1-10-2-4-15(18-8-10)16-12-3-5-14-13(9-19-20-14)11(12)6-7-21(16)17/h2-5,8-9,16H,6-7H2,1H3,(H,19,20)/t16-/m0/s1. The summed E-state index contributed by atoms with van der Waals surface area (Å²) < 4.78 is 2.35. The summed E-state index contributed by atoms with van der Waals surface area (Å²) in [6.07, 6.45) is 4.94. The predicted octanol–water partition coefficient (Wildman–Crippen LogP) is 3.56. The second kappa shape index (κ2) is 5.06. The lowest BCUT2D eigenvalue weighted by Crippen LogP contribution is -2.29. The van der Waals surface area contributed by atoms with Gasteiger partial charge in [0.15, 0.2) is 0 Å². The Kier molecular flexibility index (Phi) is 3.19. The van der Waals surface area contributed by atoms with E-state index in [1.807, 2.05) is 12.4 Å². The molecule has 3 aromatic rings. The first-order chi connectivity index (χ1) is 10.2. The van der Waals surface area contributed by atoms with Crippen LogP contribution in [0, 0.1) is 6.92 Å². The number of rotatable bonds is 1. The Bertz CT molecular complexity index is 794. The van der Waals surface area contributed by atoms with Gasteiger partial charge in [-0.2, -0.15) is 5.10 Å². The molecule has 106 valence electrons.